The van der Waals surface area contributed by atoms with E-state index in [2.05, 4.69) is 43.4 Å². The first-order valence-electron chi connectivity index (χ1n) is 15.1. The van der Waals surface area contributed by atoms with E-state index in [1.807, 2.05) is 19.1 Å². The molecule has 2 saturated heterocycles. The van der Waals surface area contributed by atoms with E-state index < -0.39 is 12.0 Å². The Morgan fingerprint density at radius 2 is 1.78 bits per heavy atom. The van der Waals surface area contributed by atoms with E-state index in [-0.39, 0.29) is 17.6 Å². The van der Waals surface area contributed by atoms with Gasteiger partial charge in [-0.25, -0.2) is 9.97 Å². The number of methoxy groups -OCH3 is 1. The number of aliphatic hydroxyl groups is 1. The van der Waals surface area contributed by atoms with E-state index in [1.54, 1.807) is 7.11 Å². The van der Waals surface area contributed by atoms with Gasteiger partial charge in [-0.05, 0) is 51.3 Å². The summed E-state index contributed by atoms with van der Waals surface area (Å²) in [7, 11) is 3.88. The summed E-state index contributed by atoms with van der Waals surface area (Å²) in [5.41, 5.74) is 8.24. The van der Waals surface area contributed by atoms with Crippen LogP contribution in [0.1, 0.15) is 61.6 Å². The Morgan fingerprint density at radius 1 is 1.05 bits per heavy atom. The Balaban J connectivity index is 1.32. The number of primary amides is 1. The lowest BCUT2D eigenvalue weighted by Gasteiger charge is -2.42. The zero-order chi connectivity index (χ0) is 28.9. The largest absolute Gasteiger partial charge is 0.495 e. The number of nitrogens with zero attached hydrogens (tertiary/aromatic N) is 5. The van der Waals surface area contributed by atoms with Gasteiger partial charge in [-0.1, -0.05) is 19.8 Å². The summed E-state index contributed by atoms with van der Waals surface area (Å²) in [6.45, 7) is 8.52. The van der Waals surface area contributed by atoms with Gasteiger partial charge in [-0.2, -0.15) is 0 Å². The minimum atomic E-state index is -0.647. The summed E-state index contributed by atoms with van der Waals surface area (Å²) in [6, 6.07) is 6.51. The number of piperidine rings is 1. The maximum Gasteiger partial charge on any atom is 0.271 e. The molecule has 3 fully saturated rings. The molecular weight excluding hydrogens is 520 g/mol. The van der Waals surface area contributed by atoms with Crippen molar-refractivity contribution >= 4 is 28.9 Å². The molecule has 1 aromatic heterocycles. The van der Waals surface area contributed by atoms with Gasteiger partial charge < -0.3 is 36.0 Å². The number of rotatable bonds is 9. The summed E-state index contributed by atoms with van der Waals surface area (Å²) in [5.74, 6) is 0.962. The molecule has 0 bridgehead atoms. The first kappa shape index (κ1) is 29.3. The van der Waals surface area contributed by atoms with Crippen molar-refractivity contribution in [1.29, 1.82) is 0 Å². The molecule has 1 saturated carbocycles. The summed E-state index contributed by atoms with van der Waals surface area (Å²) in [6.07, 6.45) is 6.10. The lowest BCUT2D eigenvalue weighted by molar-refractivity contribution is 0.0981. The van der Waals surface area contributed by atoms with Gasteiger partial charge in [-0.3, -0.25) is 9.69 Å². The van der Waals surface area contributed by atoms with Crippen LogP contribution in [-0.2, 0) is 6.42 Å². The van der Waals surface area contributed by atoms with Crippen molar-refractivity contribution in [3.8, 4) is 5.75 Å². The minimum Gasteiger partial charge on any atom is -0.495 e. The van der Waals surface area contributed by atoms with E-state index in [9.17, 15) is 9.90 Å². The summed E-state index contributed by atoms with van der Waals surface area (Å²) in [5, 5.41) is 17.2. The van der Waals surface area contributed by atoms with E-state index in [4.69, 9.17) is 15.5 Å². The topological polar surface area (TPSA) is 132 Å². The summed E-state index contributed by atoms with van der Waals surface area (Å²) in [4.78, 5) is 29.1. The van der Waals surface area contributed by atoms with Crippen molar-refractivity contribution in [2.75, 3.05) is 69.0 Å². The number of aryl methyl sites for hydroxylation is 1. The predicted molar refractivity (Wildman–Crippen MR) is 162 cm³/mol. The number of hydrogen-bond acceptors (Lipinski definition) is 10. The zero-order valence-corrected chi connectivity index (χ0v) is 24.7. The van der Waals surface area contributed by atoms with Crippen LogP contribution in [-0.4, -0.2) is 102 Å². The second kappa shape index (κ2) is 13.2. The van der Waals surface area contributed by atoms with Gasteiger partial charge in [0.2, 0.25) is 0 Å². The van der Waals surface area contributed by atoms with Gasteiger partial charge in [0.1, 0.15) is 5.75 Å². The van der Waals surface area contributed by atoms with Crippen LogP contribution < -0.4 is 26.0 Å². The molecule has 1 aliphatic carbocycles. The van der Waals surface area contributed by atoms with Crippen LogP contribution in [0.2, 0.25) is 0 Å². The lowest BCUT2D eigenvalue weighted by atomic mass is 9.92. The fraction of sp³-hybridized carbons (Fsp3) is 0.633. The fourth-order valence-electron chi connectivity index (χ4n) is 6.36. The number of carbonyl (C=O) groups is 1. The predicted octanol–water partition coefficient (Wildman–Crippen LogP) is 2.82. The summed E-state index contributed by atoms with van der Waals surface area (Å²) >= 11 is 0. The standard InChI is InChI=1S/C30H46N8O3/c1-4-22-29(34-23-7-5-6-8-25(23)39)35-30(27(33-22)28(31)40)32-20-9-10-24(26(19-20)41-3)38-13-11-21(12-14-38)37-17-15-36(2)16-18-37/h9-10,19,21,23,25,39H,4-8,11-18H2,1-3H3,(H2,31,40)(H2,32,34,35)/t23-,25-/m1/s1. The highest BCUT2D eigenvalue weighted by molar-refractivity contribution is 5.96. The number of aromatic nitrogens is 2. The van der Waals surface area contributed by atoms with Crippen molar-refractivity contribution in [2.24, 2.45) is 5.73 Å². The second-order valence-electron chi connectivity index (χ2n) is 11.6. The number of amides is 1. The summed E-state index contributed by atoms with van der Waals surface area (Å²) < 4.78 is 5.82. The van der Waals surface area contributed by atoms with Crippen molar-refractivity contribution in [2.45, 2.75) is 70.1 Å². The quantitative estimate of drug-likeness (QED) is 0.359. The molecule has 3 heterocycles. The van der Waals surface area contributed by atoms with Crippen molar-refractivity contribution in [3.63, 3.8) is 0 Å². The lowest BCUT2D eigenvalue weighted by Crippen LogP contribution is -2.52. The Labute approximate surface area is 243 Å². The molecule has 0 unspecified atom stereocenters. The Bertz CT molecular complexity index is 1190. The van der Waals surface area contributed by atoms with E-state index in [0.29, 0.717) is 24.0 Å². The number of nitrogens with two attached hydrogens (primary N) is 1. The van der Waals surface area contributed by atoms with Gasteiger partial charge in [-0.15, -0.1) is 0 Å². The number of piperazine rings is 1. The number of anilines is 4. The zero-order valence-electron chi connectivity index (χ0n) is 24.7. The number of likely N-dealkylation sites (N-methyl/N-ethyl adjacent to an activating group) is 1. The van der Waals surface area contributed by atoms with Crippen molar-refractivity contribution in [1.82, 2.24) is 19.8 Å². The maximum absolute atomic E-state index is 12.4. The first-order chi connectivity index (χ1) is 19.9. The van der Waals surface area contributed by atoms with Gasteiger partial charge in [0.05, 0.1) is 30.6 Å². The Hall–Kier alpha value is -3.15. The highest BCUT2D eigenvalue weighted by Crippen LogP contribution is 2.35. The molecular formula is C30H46N8O3. The third kappa shape index (κ3) is 6.85. The normalized spacial score (nSPS) is 22.9. The van der Waals surface area contributed by atoms with Gasteiger partial charge >= 0.3 is 0 Å². The average molecular weight is 567 g/mol. The monoisotopic (exact) mass is 566 g/mol. The number of carbonyl (C=O) groups excluding carboxylic acids is 1. The molecule has 11 nitrogen and oxygen atoms in total. The highest BCUT2D eigenvalue weighted by atomic mass is 16.5. The van der Waals surface area contributed by atoms with Crippen LogP contribution in [0, 0.1) is 0 Å². The maximum atomic E-state index is 12.4. The molecule has 2 atom stereocenters. The number of ether oxygens (including phenoxy) is 1. The molecule has 1 aromatic carbocycles. The molecule has 5 rings (SSSR count). The van der Waals surface area contributed by atoms with Crippen LogP contribution in [0.15, 0.2) is 18.2 Å². The number of hydrogen-bond donors (Lipinski definition) is 4. The molecule has 2 aromatic rings. The third-order valence-corrected chi connectivity index (χ3v) is 8.89. The van der Waals surface area contributed by atoms with E-state index >= 15 is 0 Å². The van der Waals surface area contributed by atoms with Crippen LogP contribution in [0.3, 0.4) is 0 Å². The molecule has 3 aliphatic rings. The SMILES string of the molecule is CCc1nc(C(N)=O)c(Nc2ccc(N3CCC(N4CCN(C)CC4)CC3)c(OC)c2)nc1N[C@@H]1CCCC[C@H]1O. The van der Waals surface area contributed by atoms with Crippen LogP contribution in [0.4, 0.5) is 23.0 Å². The molecule has 224 valence electrons. The van der Waals surface area contributed by atoms with Crippen molar-refractivity contribution < 1.29 is 14.6 Å². The fourth-order valence-corrected chi connectivity index (χ4v) is 6.36. The average Bonchev–Trinajstić information content (AvgIpc) is 2.99. The van der Waals surface area contributed by atoms with E-state index in [0.717, 1.165) is 94.9 Å². The Morgan fingerprint density at radius 3 is 2.44 bits per heavy atom. The molecule has 0 spiro atoms. The minimum absolute atomic E-state index is 0.0885. The highest BCUT2D eigenvalue weighted by Gasteiger charge is 2.28. The molecule has 2 aliphatic heterocycles. The number of benzene rings is 1. The van der Waals surface area contributed by atoms with E-state index in [1.165, 1.54) is 0 Å². The molecule has 11 heteroatoms. The number of aliphatic hydroxyl groups excluding tert-OH is 1. The van der Waals surface area contributed by atoms with Crippen LogP contribution in [0.25, 0.3) is 0 Å². The number of nitrogens with one attached hydrogen (secondary N) is 2. The Kier molecular flexibility index (Phi) is 9.46. The van der Waals surface area contributed by atoms with Crippen LogP contribution in [0.5, 0.6) is 5.75 Å². The van der Waals surface area contributed by atoms with Gasteiger partial charge in [0.25, 0.3) is 5.91 Å². The first-order valence-corrected chi connectivity index (χ1v) is 15.1. The third-order valence-electron chi connectivity index (χ3n) is 8.89. The molecule has 5 N–H and O–H groups in total. The molecule has 41 heavy (non-hydrogen) atoms. The second-order valence-corrected chi connectivity index (χ2v) is 11.6. The van der Waals surface area contributed by atoms with Gasteiger partial charge in [0.15, 0.2) is 17.3 Å². The van der Waals surface area contributed by atoms with Crippen LogP contribution >= 0.6 is 0 Å². The van der Waals surface area contributed by atoms with Crippen molar-refractivity contribution in [3.05, 3.63) is 29.6 Å². The molecule has 0 radical (unpaired) electrons. The molecule has 1 amide bonds. The smallest absolute Gasteiger partial charge is 0.271 e. The van der Waals surface area contributed by atoms with Gasteiger partial charge in [0, 0.05) is 57.1 Å².